The molecule has 0 unspecified atom stereocenters. The maximum absolute atomic E-state index is 6.04. The molecular weight excluding hydrogens is 220 g/mol. The molecule has 2 aromatic carbocycles. The zero-order valence-electron chi connectivity index (χ0n) is 11.1. The molecule has 18 heavy (non-hydrogen) atoms. The Bertz CT molecular complexity index is 506. The van der Waals surface area contributed by atoms with Crippen LogP contribution < -0.4 is 10.6 Å². The number of nitrogen functional groups attached to an aromatic ring is 1. The molecule has 0 radical (unpaired) electrons. The number of hydrogen-bond donors (Lipinski definition) is 1. The van der Waals surface area contributed by atoms with Crippen LogP contribution in [-0.4, -0.2) is 6.54 Å². The van der Waals surface area contributed by atoms with Crippen LogP contribution >= 0.6 is 0 Å². The number of nitrogens with two attached hydrogens (primary N) is 1. The van der Waals surface area contributed by atoms with E-state index in [1.807, 2.05) is 12.1 Å². The normalized spacial score (nSPS) is 10.3. The Hall–Kier alpha value is -1.96. The first-order chi connectivity index (χ1) is 8.70. The number of para-hydroxylation sites is 1. The minimum atomic E-state index is 0.855. The summed E-state index contributed by atoms with van der Waals surface area (Å²) in [4.78, 5) is 2.32. The van der Waals surface area contributed by atoms with Crippen LogP contribution in [0.15, 0.2) is 48.5 Å². The SMILES string of the molecule is CCN(Cc1cc(C)ccc1N)c1ccccc1. The lowest BCUT2D eigenvalue weighted by atomic mass is 10.1. The van der Waals surface area contributed by atoms with Crippen LogP contribution in [0.4, 0.5) is 11.4 Å². The fraction of sp³-hybridized carbons (Fsp3) is 0.250. The van der Waals surface area contributed by atoms with Crippen molar-refractivity contribution in [3.05, 3.63) is 59.7 Å². The van der Waals surface area contributed by atoms with Crippen molar-refractivity contribution in [2.24, 2.45) is 0 Å². The number of hydrogen-bond acceptors (Lipinski definition) is 2. The van der Waals surface area contributed by atoms with Gasteiger partial charge in [0.2, 0.25) is 0 Å². The Morgan fingerprint density at radius 1 is 1.06 bits per heavy atom. The summed E-state index contributed by atoms with van der Waals surface area (Å²) < 4.78 is 0. The lowest BCUT2D eigenvalue weighted by molar-refractivity contribution is 0.833. The van der Waals surface area contributed by atoms with Crippen LogP contribution in [0.2, 0.25) is 0 Å². The molecule has 0 aliphatic rings. The van der Waals surface area contributed by atoms with Gasteiger partial charge in [0.05, 0.1) is 0 Å². The summed E-state index contributed by atoms with van der Waals surface area (Å²) in [7, 11) is 0. The molecular formula is C16H20N2. The summed E-state index contributed by atoms with van der Waals surface area (Å²) in [5.74, 6) is 0. The van der Waals surface area contributed by atoms with Crippen LogP contribution in [0.25, 0.3) is 0 Å². The molecule has 0 spiro atoms. The molecule has 0 fully saturated rings. The fourth-order valence-electron chi connectivity index (χ4n) is 2.10. The predicted octanol–water partition coefficient (Wildman–Crippen LogP) is 3.60. The molecule has 0 bridgehead atoms. The number of benzene rings is 2. The molecule has 0 amide bonds. The fourth-order valence-corrected chi connectivity index (χ4v) is 2.10. The first-order valence-corrected chi connectivity index (χ1v) is 6.35. The topological polar surface area (TPSA) is 29.3 Å². The van der Waals surface area contributed by atoms with Gasteiger partial charge < -0.3 is 10.6 Å². The Morgan fingerprint density at radius 3 is 2.44 bits per heavy atom. The quantitative estimate of drug-likeness (QED) is 0.827. The summed E-state index contributed by atoms with van der Waals surface area (Å²) in [6.07, 6.45) is 0. The van der Waals surface area contributed by atoms with E-state index >= 15 is 0 Å². The average Bonchev–Trinajstić information content (AvgIpc) is 2.41. The lowest BCUT2D eigenvalue weighted by Crippen LogP contribution is -2.22. The minimum Gasteiger partial charge on any atom is -0.398 e. The van der Waals surface area contributed by atoms with Crippen LogP contribution in [-0.2, 0) is 6.54 Å². The van der Waals surface area contributed by atoms with E-state index in [9.17, 15) is 0 Å². The van der Waals surface area contributed by atoms with Crippen LogP contribution in [0, 0.1) is 6.92 Å². The maximum Gasteiger partial charge on any atom is 0.0449 e. The standard InChI is InChI=1S/C16H20N2/c1-3-18(15-7-5-4-6-8-15)12-14-11-13(2)9-10-16(14)17/h4-11H,3,12,17H2,1-2H3. The number of rotatable bonds is 4. The number of anilines is 2. The zero-order chi connectivity index (χ0) is 13.0. The van der Waals surface area contributed by atoms with Gasteiger partial charge in [-0.05, 0) is 37.6 Å². The van der Waals surface area contributed by atoms with E-state index in [2.05, 4.69) is 55.1 Å². The summed E-state index contributed by atoms with van der Waals surface area (Å²) in [5, 5.41) is 0. The van der Waals surface area contributed by atoms with E-state index in [0.29, 0.717) is 0 Å². The number of nitrogens with zero attached hydrogens (tertiary/aromatic N) is 1. The highest BCUT2D eigenvalue weighted by molar-refractivity contribution is 5.53. The van der Waals surface area contributed by atoms with Crippen LogP contribution in [0.3, 0.4) is 0 Å². The molecule has 2 N–H and O–H groups in total. The Balaban J connectivity index is 2.23. The second-order valence-corrected chi connectivity index (χ2v) is 4.55. The molecule has 2 aromatic rings. The highest BCUT2D eigenvalue weighted by Crippen LogP contribution is 2.20. The summed E-state index contributed by atoms with van der Waals surface area (Å²) in [5.41, 5.74) is 10.6. The van der Waals surface area contributed by atoms with Gasteiger partial charge in [0.15, 0.2) is 0 Å². The Kier molecular flexibility index (Phi) is 3.88. The van der Waals surface area contributed by atoms with Crippen LogP contribution in [0.1, 0.15) is 18.1 Å². The van der Waals surface area contributed by atoms with Gasteiger partial charge in [-0.1, -0.05) is 35.9 Å². The molecule has 0 aliphatic carbocycles. The molecule has 0 aliphatic heterocycles. The third-order valence-electron chi connectivity index (χ3n) is 3.16. The smallest absolute Gasteiger partial charge is 0.0449 e. The van der Waals surface area contributed by atoms with Gasteiger partial charge in [0, 0.05) is 24.5 Å². The Morgan fingerprint density at radius 2 is 1.78 bits per heavy atom. The lowest BCUT2D eigenvalue weighted by Gasteiger charge is -2.24. The first kappa shape index (κ1) is 12.5. The number of aryl methyl sites for hydroxylation is 1. The van der Waals surface area contributed by atoms with E-state index in [1.165, 1.54) is 16.8 Å². The second kappa shape index (κ2) is 5.58. The monoisotopic (exact) mass is 240 g/mol. The molecule has 94 valence electrons. The van der Waals surface area contributed by atoms with E-state index in [-0.39, 0.29) is 0 Å². The van der Waals surface area contributed by atoms with E-state index < -0.39 is 0 Å². The summed E-state index contributed by atoms with van der Waals surface area (Å²) in [6.45, 7) is 6.09. The van der Waals surface area contributed by atoms with Gasteiger partial charge in [-0.25, -0.2) is 0 Å². The summed E-state index contributed by atoms with van der Waals surface area (Å²) in [6, 6.07) is 16.7. The van der Waals surface area contributed by atoms with Gasteiger partial charge in [0.25, 0.3) is 0 Å². The van der Waals surface area contributed by atoms with Crippen molar-refractivity contribution in [1.82, 2.24) is 0 Å². The van der Waals surface area contributed by atoms with Crippen molar-refractivity contribution in [1.29, 1.82) is 0 Å². The van der Waals surface area contributed by atoms with Crippen molar-refractivity contribution >= 4 is 11.4 Å². The van der Waals surface area contributed by atoms with Crippen molar-refractivity contribution in [3.8, 4) is 0 Å². The molecule has 0 aromatic heterocycles. The highest BCUT2D eigenvalue weighted by Gasteiger charge is 2.07. The molecule has 0 heterocycles. The van der Waals surface area contributed by atoms with E-state index in [0.717, 1.165) is 18.8 Å². The van der Waals surface area contributed by atoms with Crippen molar-refractivity contribution in [2.45, 2.75) is 20.4 Å². The molecule has 0 saturated heterocycles. The van der Waals surface area contributed by atoms with Gasteiger partial charge in [-0.3, -0.25) is 0 Å². The van der Waals surface area contributed by atoms with Crippen LogP contribution in [0.5, 0.6) is 0 Å². The van der Waals surface area contributed by atoms with Gasteiger partial charge in [0.1, 0.15) is 0 Å². The molecule has 2 rings (SSSR count). The van der Waals surface area contributed by atoms with Crippen molar-refractivity contribution < 1.29 is 0 Å². The van der Waals surface area contributed by atoms with Crippen molar-refractivity contribution in [3.63, 3.8) is 0 Å². The zero-order valence-corrected chi connectivity index (χ0v) is 11.1. The molecule has 2 heteroatoms. The third-order valence-corrected chi connectivity index (χ3v) is 3.16. The minimum absolute atomic E-state index is 0.855. The largest absolute Gasteiger partial charge is 0.398 e. The maximum atomic E-state index is 6.04. The second-order valence-electron chi connectivity index (χ2n) is 4.55. The first-order valence-electron chi connectivity index (χ1n) is 6.35. The average molecular weight is 240 g/mol. The predicted molar refractivity (Wildman–Crippen MR) is 78.8 cm³/mol. The van der Waals surface area contributed by atoms with E-state index in [1.54, 1.807) is 0 Å². The summed E-state index contributed by atoms with van der Waals surface area (Å²) >= 11 is 0. The molecule has 2 nitrogen and oxygen atoms in total. The van der Waals surface area contributed by atoms with Gasteiger partial charge >= 0.3 is 0 Å². The highest BCUT2D eigenvalue weighted by atomic mass is 15.1. The van der Waals surface area contributed by atoms with Crippen molar-refractivity contribution in [2.75, 3.05) is 17.2 Å². The van der Waals surface area contributed by atoms with Gasteiger partial charge in [-0.15, -0.1) is 0 Å². The third kappa shape index (κ3) is 2.83. The molecule has 0 saturated carbocycles. The van der Waals surface area contributed by atoms with Gasteiger partial charge in [-0.2, -0.15) is 0 Å². The molecule has 0 atom stereocenters. The Labute approximate surface area is 109 Å². The van der Waals surface area contributed by atoms with E-state index in [4.69, 9.17) is 5.73 Å².